The first-order valence-electron chi connectivity index (χ1n) is 6.70. The predicted molar refractivity (Wildman–Crippen MR) is 63.4 cm³/mol. The third-order valence-corrected chi connectivity index (χ3v) is 4.17. The quantitative estimate of drug-likeness (QED) is 0.705. The minimum Gasteiger partial charge on any atom is -0.481 e. The van der Waals surface area contributed by atoms with Gasteiger partial charge in [0.05, 0.1) is 0 Å². The zero-order chi connectivity index (χ0) is 11.4. The molecule has 0 spiro atoms. The van der Waals surface area contributed by atoms with Crippen molar-refractivity contribution in [1.29, 1.82) is 0 Å². The van der Waals surface area contributed by atoms with Crippen molar-refractivity contribution < 1.29 is 9.90 Å². The molecule has 2 atom stereocenters. The number of carbonyl (C=O) groups is 1. The number of likely N-dealkylation sites (tertiary alicyclic amines) is 1. The summed E-state index contributed by atoms with van der Waals surface area (Å²) in [7, 11) is 0. The van der Waals surface area contributed by atoms with E-state index >= 15 is 0 Å². The van der Waals surface area contributed by atoms with Crippen molar-refractivity contribution in [1.82, 2.24) is 4.90 Å². The maximum Gasteiger partial charge on any atom is 0.303 e. The van der Waals surface area contributed by atoms with Crippen molar-refractivity contribution in [2.45, 2.75) is 44.9 Å². The number of fused-ring (bicyclic) bond motifs is 1. The van der Waals surface area contributed by atoms with E-state index in [1.165, 1.54) is 45.3 Å². The van der Waals surface area contributed by atoms with Crippen molar-refractivity contribution in [3.05, 3.63) is 0 Å². The third kappa shape index (κ3) is 3.21. The van der Waals surface area contributed by atoms with Crippen LogP contribution < -0.4 is 0 Å². The normalized spacial score (nSPS) is 29.5. The standard InChI is InChI=1S/C13H23NO2/c15-13(16)7-2-1-3-8-14-9-11-5-4-6-12(11)10-14/h11-12H,1-10H2,(H,15,16). The molecule has 0 aromatic carbocycles. The second kappa shape index (κ2) is 5.67. The number of aliphatic carboxylic acids is 1. The second-order valence-corrected chi connectivity index (χ2v) is 5.42. The summed E-state index contributed by atoms with van der Waals surface area (Å²) in [6, 6.07) is 0. The van der Waals surface area contributed by atoms with Crippen molar-refractivity contribution in [2.75, 3.05) is 19.6 Å². The van der Waals surface area contributed by atoms with Crippen LogP contribution in [0.25, 0.3) is 0 Å². The minimum atomic E-state index is -0.657. The molecule has 3 heteroatoms. The molecule has 1 saturated heterocycles. The molecule has 1 aliphatic carbocycles. The smallest absolute Gasteiger partial charge is 0.303 e. The van der Waals surface area contributed by atoms with Gasteiger partial charge < -0.3 is 10.0 Å². The van der Waals surface area contributed by atoms with Gasteiger partial charge in [-0.3, -0.25) is 4.79 Å². The van der Waals surface area contributed by atoms with Gasteiger partial charge in [0.25, 0.3) is 0 Å². The van der Waals surface area contributed by atoms with Gasteiger partial charge in [-0.05, 0) is 44.1 Å². The molecule has 0 bridgehead atoms. The second-order valence-electron chi connectivity index (χ2n) is 5.42. The molecule has 2 aliphatic rings. The molecule has 0 amide bonds. The van der Waals surface area contributed by atoms with Gasteiger partial charge in [0.15, 0.2) is 0 Å². The number of hydrogen-bond donors (Lipinski definition) is 1. The fraction of sp³-hybridized carbons (Fsp3) is 0.923. The highest BCUT2D eigenvalue weighted by Crippen LogP contribution is 2.37. The van der Waals surface area contributed by atoms with Crippen LogP contribution in [0.3, 0.4) is 0 Å². The molecular weight excluding hydrogens is 202 g/mol. The average molecular weight is 225 g/mol. The maximum absolute atomic E-state index is 10.3. The van der Waals surface area contributed by atoms with Crippen LogP contribution in [0.4, 0.5) is 0 Å². The fourth-order valence-corrected chi connectivity index (χ4v) is 3.30. The zero-order valence-electron chi connectivity index (χ0n) is 10.0. The first-order valence-corrected chi connectivity index (χ1v) is 6.70. The summed E-state index contributed by atoms with van der Waals surface area (Å²) < 4.78 is 0. The highest BCUT2D eigenvalue weighted by Gasteiger charge is 2.35. The van der Waals surface area contributed by atoms with Crippen LogP contribution in [0.15, 0.2) is 0 Å². The Morgan fingerprint density at radius 1 is 1.12 bits per heavy atom. The molecule has 92 valence electrons. The van der Waals surface area contributed by atoms with Crippen LogP contribution in [0.1, 0.15) is 44.9 Å². The van der Waals surface area contributed by atoms with E-state index in [9.17, 15) is 4.79 Å². The molecule has 2 unspecified atom stereocenters. The number of rotatable bonds is 6. The summed E-state index contributed by atoms with van der Waals surface area (Å²) in [4.78, 5) is 12.9. The number of carboxylic acids is 1. The number of carboxylic acid groups (broad SMARTS) is 1. The molecule has 0 aromatic rings. The van der Waals surface area contributed by atoms with Crippen LogP contribution in [0.2, 0.25) is 0 Å². The molecule has 2 rings (SSSR count). The number of unbranched alkanes of at least 4 members (excludes halogenated alkanes) is 2. The van der Waals surface area contributed by atoms with Crippen LogP contribution in [0, 0.1) is 11.8 Å². The SMILES string of the molecule is O=C(O)CCCCCN1CC2CCCC2C1. The lowest BCUT2D eigenvalue weighted by Crippen LogP contribution is -2.22. The Labute approximate surface area is 97.8 Å². The van der Waals surface area contributed by atoms with Crippen LogP contribution in [0.5, 0.6) is 0 Å². The summed E-state index contributed by atoms with van der Waals surface area (Å²) in [5, 5.41) is 8.52. The minimum absolute atomic E-state index is 0.339. The average Bonchev–Trinajstić information content (AvgIpc) is 2.76. The lowest BCUT2D eigenvalue weighted by Gasteiger charge is -2.16. The molecule has 1 saturated carbocycles. The Balaban J connectivity index is 1.53. The Morgan fingerprint density at radius 2 is 1.81 bits per heavy atom. The Bertz CT molecular complexity index is 230. The van der Waals surface area contributed by atoms with Crippen molar-refractivity contribution in [2.24, 2.45) is 11.8 Å². The monoisotopic (exact) mass is 225 g/mol. The van der Waals surface area contributed by atoms with Crippen molar-refractivity contribution in [3.63, 3.8) is 0 Å². The van der Waals surface area contributed by atoms with E-state index in [4.69, 9.17) is 5.11 Å². The predicted octanol–water partition coefficient (Wildman–Crippen LogP) is 2.36. The van der Waals surface area contributed by atoms with Gasteiger partial charge in [-0.15, -0.1) is 0 Å². The number of nitrogens with zero attached hydrogens (tertiary/aromatic N) is 1. The summed E-state index contributed by atoms with van der Waals surface area (Å²) >= 11 is 0. The fourth-order valence-electron chi connectivity index (χ4n) is 3.30. The van der Waals surface area contributed by atoms with Gasteiger partial charge in [-0.25, -0.2) is 0 Å². The van der Waals surface area contributed by atoms with E-state index in [-0.39, 0.29) is 0 Å². The van der Waals surface area contributed by atoms with Crippen LogP contribution in [-0.2, 0) is 4.79 Å². The van der Waals surface area contributed by atoms with E-state index in [1.54, 1.807) is 0 Å². The summed E-state index contributed by atoms with van der Waals surface area (Å²) in [6.07, 6.45) is 7.76. The van der Waals surface area contributed by atoms with Crippen LogP contribution >= 0.6 is 0 Å². The molecule has 0 aromatic heterocycles. The van der Waals surface area contributed by atoms with Crippen molar-refractivity contribution in [3.8, 4) is 0 Å². The summed E-state index contributed by atoms with van der Waals surface area (Å²) in [6.45, 7) is 3.81. The van der Waals surface area contributed by atoms with E-state index in [2.05, 4.69) is 4.90 Å². The van der Waals surface area contributed by atoms with E-state index in [0.29, 0.717) is 6.42 Å². The lowest BCUT2D eigenvalue weighted by molar-refractivity contribution is -0.137. The van der Waals surface area contributed by atoms with Gasteiger partial charge in [-0.2, -0.15) is 0 Å². The molecule has 1 N–H and O–H groups in total. The Morgan fingerprint density at radius 3 is 2.44 bits per heavy atom. The molecule has 1 heterocycles. The topological polar surface area (TPSA) is 40.5 Å². The number of hydrogen-bond acceptors (Lipinski definition) is 2. The van der Waals surface area contributed by atoms with Gasteiger partial charge in [0.2, 0.25) is 0 Å². The van der Waals surface area contributed by atoms with E-state index in [0.717, 1.165) is 24.7 Å². The van der Waals surface area contributed by atoms with Gasteiger partial charge >= 0.3 is 5.97 Å². The highest BCUT2D eigenvalue weighted by atomic mass is 16.4. The molecule has 16 heavy (non-hydrogen) atoms. The molecule has 1 aliphatic heterocycles. The summed E-state index contributed by atoms with van der Waals surface area (Å²) in [5.74, 6) is 1.31. The first kappa shape index (κ1) is 11.9. The molecule has 3 nitrogen and oxygen atoms in total. The molecule has 2 fully saturated rings. The van der Waals surface area contributed by atoms with Gasteiger partial charge in [0, 0.05) is 19.5 Å². The Kier molecular flexibility index (Phi) is 4.22. The zero-order valence-corrected chi connectivity index (χ0v) is 10.0. The van der Waals surface area contributed by atoms with E-state index < -0.39 is 5.97 Å². The Hall–Kier alpha value is -0.570. The maximum atomic E-state index is 10.3. The summed E-state index contributed by atoms with van der Waals surface area (Å²) in [5.41, 5.74) is 0. The van der Waals surface area contributed by atoms with Crippen molar-refractivity contribution >= 4 is 5.97 Å². The highest BCUT2D eigenvalue weighted by molar-refractivity contribution is 5.66. The first-order chi connectivity index (χ1) is 7.75. The third-order valence-electron chi connectivity index (χ3n) is 4.17. The van der Waals surface area contributed by atoms with E-state index in [1.807, 2.05) is 0 Å². The molecule has 0 radical (unpaired) electrons. The molecular formula is C13H23NO2. The van der Waals surface area contributed by atoms with Gasteiger partial charge in [0.1, 0.15) is 0 Å². The van der Waals surface area contributed by atoms with Gasteiger partial charge in [-0.1, -0.05) is 12.8 Å². The van der Waals surface area contributed by atoms with Crippen LogP contribution in [-0.4, -0.2) is 35.6 Å². The lowest BCUT2D eigenvalue weighted by atomic mass is 10.0. The largest absolute Gasteiger partial charge is 0.481 e.